The Balaban J connectivity index is 2.06. The molecule has 104 valence electrons. The first-order chi connectivity index (χ1) is 8.87. The number of pyridine rings is 1. The van der Waals surface area contributed by atoms with Crippen molar-refractivity contribution < 1.29 is 4.79 Å². The highest BCUT2D eigenvalue weighted by Gasteiger charge is 2.29. The molecule has 0 spiro atoms. The Morgan fingerprint density at radius 3 is 3.00 bits per heavy atom. The van der Waals surface area contributed by atoms with Crippen molar-refractivity contribution in [3.63, 3.8) is 0 Å². The highest BCUT2D eigenvalue weighted by atomic mass is 79.9. The van der Waals surface area contributed by atoms with E-state index >= 15 is 0 Å². The van der Waals surface area contributed by atoms with Gasteiger partial charge in [-0.1, -0.05) is 31.9 Å². The van der Waals surface area contributed by atoms with Crippen LogP contribution in [-0.4, -0.2) is 16.9 Å². The number of rotatable bonds is 2. The summed E-state index contributed by atoms with van der Waals surface area (Å²) in [6.07, 6.45) is 6.01. The Bertz CT molecular complexity index is 490. The van der Waals surface area contributed by atoms with Crippen LogP contribution in [0.4, 0.5) is 0 Å². The molecule has 2 rings (SSSR count). The van der Waals surface area contributed by atoms with Gasteiger partial charge in [0.25, 0.3) is 5.91 Å². The first-order valence-electron chi connectivity index (χ1n) is 6.49. The second-order valence-electron chi connectivity index (χ2n) is 5.92. The molecule has 0 radical (unpaired) electrons. The van der Waals surface area contributed by atoms with E-state index in [0.717, 1.165) is 23.7 Å². The fourth-order valence-corrected chi connectivity index (χ4v) is 3.19. The maximum atomic E-state index is 12.2. The van der Waals surface area contributed by atoms with Crippen LogP contribution in [0.25, 0.3) is 0 Å². The molecule has 0 bridgehead atoms. The maximum Gasteiger partial charge on any atom is 0.254 e. The molecule has 0 saturated heterocycles. The van der Waals surface area contributed by atoms with E-state index in [2.05, 4.69) is 40.1 Å². The average Bonchev–Trinajstić information content (AvgIpc) is 2.31. The van der Waals surface area contributed by atoms with Crippen LogP contribution in [-0.2, 0) is 0 Å². The van der Waals surface area contributed by atoms with Crippen LogP contribution < -0.4 is 5.32 Å². The third-order valence-corrected chi connectivity index (χ3v) is 4.33. The first kappa shape index (κ1) is 14.8. The Morgan fingerprint density at radius 2 is 2.32 bits per heavy atom. The van der Waals surface area contributed by atoms with Gasteiger partial charge < -0.3 is 5.32 Å². The molecular formula is C14H18BrClN2O. The van der Waals surface area contributed by atoms with E-state index < -0.39 is 0 Å². The lowest BCUT2D eigenvalue weighted by atomic mass is 9.75. The summed E-state index contributed by atoms with van der Waals surface area (Å²) < 4.78 is 0.756. The van der Waals surface area contributed by atoms with Crippen molar-refractivity contribution in [1.29, 1.82) is 0 Å². The summed E-state index contributed by atoms with van der Waals surface area (Å²) in [5.74, 6) is -0.137. The number of amides is 1. The minimum Gasteiger partial charge on any atom is -0.349 e. The van der Waals surface area contributed by atoms with Crippen molar-refractivity contribution >= 4 is 33.4 Å². The summed E-state index contributed by atoms with van der Waals surface area (Å²) in [5, 5.41) is 3.32. The number of hydrogen-bond donors (Lipinski definition) is 1. The summed E-state index contributed by atoms with van der Waals surface area (Å²) in [7, 11) is 0. The molecule has 1 N–H and O–H groups in total. The zero-order valence-electron chi connectivity index (χ0n) is 11.2. The number of nitrogens with one attached hydrogen (secondary N) is 1. The fraction of sp³-hybridized carbons (Fsp3) is 0.571. The van der Waals surface area contributed by atoms with E-state index in [9.17, 15) is 4.79 Å². The Kier molecular flexibility index (Phi) is 4.51. The number of aromatic nitrogens is 1. The van der Waals surface area contributed by atoms with Gasteiger partial charge in [-0.05, 0) is 46.7 Å². The quantitative estimate of drug-likeness (QED) is 0.816. The van der Waals surface area contributed by atoms with Crippen LogP contribution in [0.1, 0.15) is 49.9 Å². The van der Waals surface area contributed by atoms with Crippen LogP contribution in [0.15, 0.2) is 16.7 Å². The molecule has 1 amide bonds. The summed E-state index contributed by atoms with van der Waals surface area (Å²) in [6, 6.07) is 1.94. The van der Waals surface area contributed by atoms with Gasteiger partial charge in [-0.2, -0.15) is 0 Å². The average molecular weight is 346 g/mol. The van der Waals surface area contributed by atoms with Crippen molar-refractivity contribution in [3.05, 3.63) is 27.5 Å². The molecule has 1 atom stereocenters. The van der Waals surface area contributed by atoms with E-state index in [1.807, 2.05) is 0 Å². The number of halogens is 2. The largest absolute Gasteiger partial charge is 0.349 e. The summed E-state index contributed by atoms with van der Waals surface area (Å²) >= 11 is 9.28. The fourth-order valence-electron chi connectivity index (χ4n) is 2.67. The van der Waals surface area contributed by atoms with E-state index in [-0.39, 0.29) is 17.1 Å². The summed E-state index contributed by atoms with van der Waals surface area (Å²) in [5.41, 5.74) is 0.731. The Hall–Kier alpha value is -0.610. The normalized spacial score (nSPS) is 22.0. The van der Waals surface area contributed by atoms with Crippen LogP contribution in [0.5, 0.6) is 0 Å². The van der Waals surface area contributed by atoms with Crippen molar-refractivity contribution in [1.82, 2.24) is 10.3 Å². The second-order valence-corrected chi connectivity index (χ2v) is 7.20. The molecule has 3 nitrogen and oxygen atoms in total. The lowest BCUT2D eigenvalue weighted by Crippen LogP contribution is -2.40. The molecule has 1 aromatic rings. The van der Waals surface area contributed by atoms with Gasteiger partial charge >= 0.3 is 0 Å². The van der Waals surface area contributed by atoms with Crippen molar-refractivity contribution in [2.75, 3.05) is 0 Å². The van der Waals surface area contributed by atoms with Gasteiger partial charge in [-0.25, -0.2) is 4.98 Å². The first-order valence-corrected chi connectivity index (χ1v) is 7.66. The monoisotopic (exact) mass is 344 g/mol. The molecule has 0 aliphatic heterocycles. The summed E-state index contributed by atoms with van der Waals surface area (Å²) in [6.45, 7) is 4.50. The zero-order chi connectivity index (χ0) is 14.0. The van der Waals surface area contributed by atoms with Crippen LogP contribution in [0.3, 0.4) is 0 Å². The van der Waals surface area contributed by atoms with Gasteiger partial charge in [-0.3, -0.25) is 4.79 Å². The molecule has 0 aromatic carbocycles. The molecule has 1 aliphatic carbocycles. The number of carbonyl (C=O) groups is 1. The number of hydrogen-bond acceptors (Lipinski definition) is 2. The standard InChI is InChI=1S/C14H18BrClN2O/c1-14(2)5-3-4-10(7-14)18-13(19)11-6-9(15)8-17-12(11)16/h6,8,10H,3-5,7H2,1-2H3,(H,18,19). The Morgan fingerprint density at radius 1 is 1.58 bits per heavy atom. The Labute approximate surface area is 127 Å². The molecule has 1 unspecified atom stereocenters. The maximum absolute atomic E-state index is 12.2. The molecule has 1 saturated carbocycles. The minimum atomic E-state index is -0.137. The van der Waals surface area contributed by atoms with Gasteiger partial charge in [0.15, 0.2) is 0 Å². The topological polar surface area (TPSA) is 42.0 Å². The van der Waals surface area contributed by atoms with E-state index in [1.165, 1.54) is 6.42 Å². The van der Waals surface area contributed by atoms with Crippen LogP contribution >= 0.6 is 27.5 Å². The molecule has 5 heteroatoms. The third-order valence-electron chi connectivity index (χ3n) is 3.59. The van der Waals surface area contributed by atoms with Crippen molar-refractivity contribution in [3.8, 4) is 0 Å². The zero-order valence-corrected chi connectivity index (χ0v) is 13.5. The lowest BCUT2D eigenvalue weighted by molar-refractivity contribution is 0.0902. The second kappa shape index (κ2) is 5.80. The smallest absolute Gasteiger partial charge is 0.254 e. The van der Waals surface area contributed by atoms with Crippen molar-refractivity contribution in [2.24, 2.45) is 5.41 Å². The van der Waals surface area contributed by atoms with Gasteiger partial charge in [0.2, 0.25) is 0 Å². The van der Waals surface area contributed by atoms with Gasteiger partial charge in [0, 0.05) is 16.7 Å². The number of nitrogens with zero attached hydrogens (tertiary/aromatic N) is 1. The molecule has 1 aromatic heterocycles. The van der Waals surface area contributed by atoms with E-state index in [1.54, 1.807) is 12.3 Å². The SMILES string of the molecule is CC1(C)CCCC(NC(=O)c2cc(Br)cnc2Cl)C1. The van der Waals surface area contributed by atoms with E-state index in [4.69, 9.17) is 11.6 Å². The summed E-state index contributed by atoms with van der Waals surface area (Å²) in [4.78, 5) is 16.2. The molecule has 1 fully saturated rings. The predicted molar refractivity (Wildman–Crippen MR) is 80.5 cm³/mol. The predicted octanol–water partition coefficient (Wildman–Crippen LogP) is 4.20. The molecular weight excluding hydrogens is 328 g/mol. The minimum absolute atomic E-state index is 0.137. The van der Waals surface area contributed by atoms with Gasteiger partial charge in [0.1, 0.15) is 5.15 Å². The molecule has 1 aliphatic rings. The van der Waals surface area contributed by atoms with Crippen LogP contribution in [0, 0.1) is 5.41 Å². The third kappa shape index (κ3) is 3.93. The molecule has 19 heavy (non-hydrogen) atoms. The highest BCUT2D eigenvalue weighted by Crippen LogP contribution is 2.35. The van der Waals surface area contributed by atoms with E-state index in [0.29, 0.717) is 11.0 Å². The van der Waals surface area contributed by atoms with Crippen LogP contribution in [0.2, 0.25) is 5.15 Å². The molecule has 1 heterocycles. The van der Waals surface area contributed by atoms with Gasteiger partial charge in [-0.15, -0.1) is 0 Å². The highest BCUT2D eigenvalue weighted by molar-refractivity contribution is 9.10. The van der Waals surface area contributed by atoms with Gasteiger partial charge in [0.05, 0.1) is 5.56 Å². The lowest BCUT2D eigenvalue weighted by Gasteiger charge is -2.35. The van der Waals surface area contributed by atoms with Crippen molar-refractivity contribution in [2.45, 2.75) is 45.6 Å². The number of carbonyl (C=O) groups excluding carboxylic acids is 1.